The Labute approximate surface area is 545 Å². The van der Waals surface area contributed by atoms with Gasteiger partial charge in [0.05, 0.1) is 25.4 Å². The molecule has 2 atom stereocenters. The van der Waals surface area contributed by atoms with Crippen LogP contribution in [0, 0.1) is 0 Å². The second-order valence-electron chi connectivity index (χ2n) is 27.8. The van der Waals surface area contributed by atoms with Gasteiger partial charge in [-0.1, -0.05) is 411 Å². The first-order valence-corrected chi connectivity index (χ1v) is 40.1. The largest absolute Gasteiger partial charge is 0.466 e. The minimum Gasteiger partial charge on any atom is -0.466 e. The minimum absolute atomic E-state index is 0.0246. The highest BCUT2D eigenvalue weighted by molar-refractivity contribution is 5.76. The van der Waals surface area contributed by atoms with E-state index in [1.54, 1.807) is 0 Å². The summed E-state index contributed by atoms with van der Waals surface area (Å²) in [4.78, 5) is 24.6. The molecule has 0 rings (SSSR count). The maximum Gasteiger partial charge on any atom is 0.305 e. The van der Waals surface area contributed by atoms with Gasteiger partial charge in [-0.05, 0) is 57.8 Å². The van der Waals surface area contributed by atoms with E-state index in [-0.39, 0.29) is 18.5 Å². The van der Waals surface area contributed by atoms with Crippen molar-refractivity contribution in [1.82, 2.24) is 5.32 Å². The molecule has 3 N–H and O–H groups in total. The molecule has 87 heavy (non-hydrogen) atoms. The number of rotatable bonds is 76. The molecule has 1 amide bonds. The Morgan fingerprint density at radius 3 is 0.874 bits per heavy atom. The second kappa shape index (κ2) is 76.8. The number of unbranched alkanes of at least 4 members (excludes halogenated alkanes) is 61. The third-order valence-electron chi connectivity index (χ3n) is 19.0. The second-order valence-corrected chi connectivity index (χ2v) is 27.8. The van der Waals surface area contributed by atoms with Crippen LogP contribution in [-0.2, 0) is 14.3 Å². The number of aliphatic hydroxyl groups excluding tert-OH is 2. The molecular weight excluding hydrogens is 1070 g/mol. The third-order valence-corrected chi connectivity index (χ3v) is 19.0. The van der Waals surface area contributed by atoms with Crippen molar-refractivity contribution >= 4 is 11.9 Å². The van der Waals surface area contributed by atoms with Gasteiger partial charge in [0, 0.05) is 12.8 Å². The Morgan fingerprint density at radius 2 is 0.575 bits per heavy atom. The topological polar surface area (TPSA) is 95.9 Å². The Hall–Kier alpha value is -1.66. The summed E-state index contributed by atoms with van der Waals surface area (Å²) >= 11 is 0. The molecule has 0 aromatic heterocycles. The number of esters is 1. The van der Waals surface area contributed by atoms with E-state index in [1.165, 1.54) is 379 Å². The van der Waals surface area contributed by atoms with Crippen molar-refractivity contribution < 1.29 is 24.5 Å². The van der Waals surface area contributed by atoms with Gasteiger partial charge in [0.2, 0.25) is 5.91 Å². The first-order valence-electron chi connectivity index (χ1n) is 40.1. The summed E-state index contributed by atoms with van der Waals surface area (Å²) in [5.41, 5.74) is 0. The van der Waals surface area contributed by atoms with Gasteiger partial charge < -0.3 is 20.3 Å². The summed E-state index contributed by atoms with van der Waals surface area (Å²) in [5, 5.41) is 23.3. The third kappa shape index (κ3) is 73.3. The van der Waals surface area contributed by atoms with Crippen LogP contribution in [-0.4, -0.2) is 47.4 Å². The summed E-state index contributed by atoms with van der Waals surface area (Å²) in [7, 11) is 0. The van der Waals surface area contributed by atoms with Crippen LogP contribution in [0.1, 0.15) is 457 Å². The van der Waals surface area contributed by atoms with Crippen LogP contribution < -0.4 is 5.32 Å². The molecule has 0 heterocycles. The fourth-order valence-electron chi connectivity index (χ4n) is 12.9. The van der Waals surface area contributed by atoms with Gasteiger partial charge >= 0.3 is 5.97 Å². The molecule has 0 saturated heterocycles. The van der Waals surface area contributed by atoms with Crippen LogP contribution in [0.25, 0.3) is 0 Å². The molecule has 0 aliphatic rings. The Balaban J connectivity index is 3.33. The van der Waals surface area contributed by atoms with Crippen LogP contribution in [0.5, 0.6) is 0 Å². The van der Waals surface area contributed by atoms with Crippen LogP contribution in [0.3, 0.4) is 0 Å². The van der Waals surface area contributed by atoms with Crippen LogP contribution in [0.15, 0.2) is 24.3 Å². The van der Waals surface area contributed by atoms with Crippen LogP contribution in [0.4, 0.5) is 0 Å². The van der Waals surface area contributed by atoms with E-state index in [4.69, 9.17) is 4.74 Å². The molecule has 0 aromatic rings. The molecule has 0 aliphatic heterocycles. The zero-order valence-electron chi connectivity index (χ0n) is 59.3. The quantitative estimate of drug-likeness (QED) is 0.0320. The van der Waals surface area contributed by atoms with Crippen molar-refractivity contribution in [3.05, 3.63) is 24.3 Å². The molecule has 0 bridgehead atoms. The standard InChI is InChI=1S/C81H157NO5/c1-3-5-7-9-11-13-15-17-19-20-40-44-47-51-55-59-63-67-71-75-81(86)87-76-72-68-64-60-56-52-48-45-42-39-37-35-33-31-29-27-25-23-21-22-24-26-28-30-32-34-36-38-41-43-46-50-54-58-62-66-70-74-80(85)82-78(77-83)79(84)73-69-65-61-57-53-49-18-16-14-12-10-8-6-4-2/h21,23,27,29,78-79,83-84H,3-20,22,24-26,28,30-77H2,1-2H3,(H,82,85)/b23-21-,29-27-. The first-order chi connectivity index (χ1) is 43.0. The minimum atomic E-state index is -0.662. The maximum atomic E-state index is 12.5. The van der Waals surface area contributed by atoms with E-state index in [1.807, 2.05) is 0 Å². The number of hydrogen-bond donors (Lipinski definition) is 3. The van der Waals surface area contributed by atoms with E-state index in [0.717, 1.165) is 44.9 Å². The fourth-order valence-corrected chi connectivity index (χ4v) is 12.9. The molecule has 6 nitrogen and oxygen atoms in total. The lowest BCUT2D eigenvalue weighted by atomic mass is 10.0. The molecule has 0 aromatic carbocycles. The SMILES string of the molecule is CCCCCCCCCCCCCCCCCCCCCC(=O)OCCCCCCCCCCCCCCC/C=C\C/C=C\CCCCCCCCCCCCCCCCCCCC(=O)NC(CO)C(O)CCCCCCCCCCCCCCCC. The van der Waals surface area contributed by atoms with E-state index in [2.05, 4.69) is 43.5 Å². The van der Waals surface area contributed by atoms with E-state index in [9.17, 15) is 19.8 Å². The lowest BCUT2D eigenvalue weighted by Crippen LogP contribution is -2.45. The summed E-state index contributed by atoms with van der Waals surface area (Å²) in [6.07, 6.45) is 98.5. The molecule has 0 spiro atoms. The smallest absolute Gasteiger partial charge is 0.305 e. The van der Waals surface area contributed by atoms with Crippen molar-refractivity contribution in [1.29, 1.82) is 0 Å². The Kier molecular flexibility index (Phi) is 75.3. The maximum absolute atomic E-state index is 12.5. The first kappa shape index (κ1) is 85.3. The molecular formula is C81H157NO5. The van der Waals surface area contributed by atoms with Gasteiger partial charge in [-0.3, -0.25) is 9.59 Å². The molecule has 516 valence electrons. The average molecular weight is 1230 g/mol. The summed E-state index contributed by atoms with van der Waals surface area (Å²) in [5.74, 6) is -0.00457. The average Bonchev–Trinajstić information content (AvgIpc) is 3.53. The number of ether oxygens (including phenoxy) is 1. The van der Waals surface area contributed by atoms with Gasteiger partial charge in [-0.25, -0.2) is 0 Å². The van der Waals surface area contributed by atoms with Crippen molar-refractivity contribution in [2.75, 3.05) is 13.2 Å². The highest BCUT2D eigenvalue weighted by Crippen LogP contribution is 2.20. The predicted molar refractivity (Wildman–Crippen MR) is 384 cm³/mol. The fraction of sp³-hybridized carbons (Fsp3) is 0.926. The van der Waals surface area contributed by atoms with E-state index in [0.29, 0.717) is 25.9 Å². The van der Waals surface area contributed by atoms with Crippen molar-refractivity contribution in [2.24, 2.45) is 0 Å². The number of nitrogens with one attached hydrogen (secondary N) is 1. The number of aliphatic hydroxyl groups is 2. The number of allylic oxidation sites excluding steroid dienone is 4. The Bertz CT molecular complexity index is 1360. The van der Waals surface area contributed by atoms with E-state index < -0.39 is 12.1 Å². The summed E-state index contributed by atoms with van der Waals surface area (Å²) < 4.78 is 5.52. The van der Waals surface area contributed by atoms with Gasteiger partial charge in [-0.15, -0.1) is 0 Å². The summed E-state index contributed by atoms with van der Waals surface area (Å²) in [6, 6.07) is -0.539. The molecule has 0 saturated carbocycles. The highest BCUT2D eigenvalue weighted by Gasteiger charge is 2.20. The zero-order chi connectivity index (χ0) is 62.8. The van der Waals surface area contributed by atoms with E-state index >= 15 is 0 Å². The number of hydrogen-bond acceptors (Lipinski definition) is 5. The van der Waals surface area contributed by atoms with Gasteiger partial charge in [0.15, 0.2) is 0 Å². The Morgan fingerprint density at radius 1 is 0.322 bits per heavy atom. The lowest BCUT2D eigenvalue weighted by Gasteiger charge is -2.22. The lowest BCUT2D eigenvalue weighted by molar-refractivity contribution is -0.143. The van der Waals surface area contributed by atoms with Crippen LogP contribution >= 0.6 is 0 Å². The monoisotopic (exact) mass is 1220 g/mol. The van der Waals surface area contributed by atoms with Gasteiger partial charge in [-0.2, -0.15) is 0 Å². The molecule has 6 heteroatoms. The number of amides is 1. The van der Waals surface area contributed by atoms with Crippen molar-refractivity contribution in [3.63, 3.8) is 0 Å². The van der Waals surface area contributed by atoms with Crippen molar-refractivity contribution in [3.8, 4) is 0 Å². The van der Waals surface area contributed by atoms with Gasteiger partial charge in [0.25, 0.3) is 0 Å². The normalized spacial score (nSPS) is 12.6. The van der Waals surface area contributed by atoms with Crippen molar-refractivity contribution in [2.45, 2.75) is 469 Å². The number of carbonyl (C=O) groups excluding carboxylic acids is 2. The molecule has 0 fully saturated rings. The molecule has 0 radical (unpaired) electrons. The summed E-state index contributed by atoms with van der Waals surface area (Å²) in [6.45, 7) is 5.00. The predicted octanol–water partition coefficient (Wildman–Crippen LogP) is 26.4. The highest BCUT2D eigenvalue weighted by atomic mass is 16.5. The molecule has 0 aliphatic carbocycles. The van der Waals surface area contributed by atoms with Gasteiger partial charge in [0.1, 0.15) is 0 Å². The number of carbonyl (C=O) groups is 2. The zero-order valence-corrected chi connectivity index (χ0v) is 59.3. The van der Waals surface area contributed by atoms with Crippen LogP contribution in [0.2, 0.25) is 0 Å². The molecule has 2 unspecified atom stereocenters.